The first-order valence-electron chi connectivity index (χ1n) is 2.76. The summed E-state index contributed by atoms with van der Waals surface area (Å²) >= 11 is 0. The van der Waals surface area contributed by atoms with E-state index in [1.807, 2.05) is 0 Å². The van der Waals surface area contributed by atoms with E-state index in [1.165, 1.54) is 0 Å². The quantitative estimate of drug-likeness (QED) is 0.398. The van der Waals surface area contributed by atoms with Crippen LogP contribution in [0.25, 0.3) is 0 Å². The van der Waals surface area contributed by atoms with Crippen molar-refractivity contribution in [3.8, 4) is 0 Å². The molecule has 0 aromatic rings. The van der Waals surface area contributed by atoms with Crippen molar-refractivity contribution in [3.05, 3.63) is 0 Å². The molecular formula is C5H5F2NO2. The first-order chi connectivity index (χ1) is 4.63. The Morgan fingerprint density at radius 1 is 1.20 bits per heavy atom. The van der Waals surface area contributed by atoms with Gasteiger partial charge in [0.2, 0.25) is 11.8 Å². The van der Waals surface area contributed by atoms with Gasteiger partial charge in [-0.05, 0) is 0 Å². The first kappa shape index (κ1) is 7.11. The van der Waals surface area contributed by atoms with E-state index in [0.717, 1.165) is 0 Å². The average molecular weight is 149 g/mol. The maximum Gasteiger partial charge on any atom is 0.323 e. The third-order valence-electron chi connectivity index (χ3n) is 1.29. The molecular weight excluding hydrogens is 144 g/mol. The van der Waals surface area contributed by atoms with Gasteiger partial charge in [-0.1, -0.05) is 0 Å². The minimum Gasteiger partial charge on any atom is -0.274 e. The molecule has 0 saturated carbocycles. The number of amides is 2. The summed E-state index contributed by atoms with van der Waals surface area (Å²) < 4.78 is 23.4. The molecule has 56 valence electrons. The number of rotatable bonds is 1. The zero-order valence-corrected chi connectivity index (χ0v) is 5.01. The van der Waals surface area contributed by atoms with Crippen LogP contribution in [0.5, 0.6) is 0 Å². The lowest BCUT2D eigenvalue weighted by Gasteiger charge is -2.10. The third kappa shape index (κ3) is 0.984. The van der Waals surface area contributed by atoms with Crippen LogP contribution in [-0.4, -0.2) is 23.3 Å². The molecule has 0 aliphatic carbocycles. The number of carbonyl (C=O) groups is 2. The molecule has 0 spiro atoms. The summed E-state index contributed by atoms with van der Waals surface area (Å²) in [5, 5.41) is 0. The van der Waals surface area contributed by atoms with Crippen molar-refractivity contribution in [3.63, 3.8) is 0 Å². The van der Waals surface area contributed by atoms with Crippen molar-refractivity contribution < 1.29 is 18.4 Å². The van der Waals surface area contributed by atoms with Crippen molar-refractivity contribution in [1.29, 1.82) is 0 Å². The largest absolute Gasteiger partial charge is 0.323 e. The van der Waals surface area contributed by atoms with Crippen LogP contribution in [0.1, 0.15) is 12.8 Å². The average Bonchev–Trinajstić information content (AvgIpc) is 2.11. The minimum atomic E-state index is -2.97. The van der Waals surface area contributed by atoms with Crippen molar-refractivity contribution >= 4 is 11.8 Å². The number of hydrogen-bond donors (Lipinski definition) is 0. The zero-order chi connectivity index (χ0) is 7.72. The van der Waals surface area contributed by atoms with Gasteiger partial charge in [0, 0.05) is 12.8 Å². The summed E-state index contributed by atoms with van der Waals surface area (Å²) in [4.78, 5) is 20.9. The van der Waals surface area contributed by atoms with Crippen molar-refractivity contribution in [2.45, 2.75) is 19.4 Å². The van der Waals surface area contributed by atoms with E-state index in [-0.39, 0.29) is 17.7 Å². The van der Waals surface area contributed by atoms with E-state index >= 15 is 0 Å². The van der Waals surface area contributed by atoms with Crippen LogP contribution >= 0.6 is 0 Å². The van der Waals surface area contributed by atoms with Crippen LogP contribution in [0, 0.1) is 0 Å². The second-order valence-electron chi connectivity index (χ2n) is 1.94. The fraction of sp³-hybridized carbons (Fsp3) is 0.600. The summed E-state index contributed by atoms with van der Waals surface area (Å²) in [5.74, 6) is -1.56. The van der Waals surface area contributed by atoms with E-state index in [2.05, 4.69) is 0 Å². The molecule has 10 heavy (non-hydrogen) atoms. The Morgan fingerprint density at radius 3 is 1.80 bits per heavy atom. The third-order valence-corrected chi connectivity index (χ3v) is 1.29. The number of carbonyl (C=O) groups excluding carboxylic acids is 2. The molecule has 0 N–H and O–H groups in total. The van der Waals surface area contributed by atoms with Gasteiger partial charge in [0.25, 0.3) is 0 Å². The number of halogens is 2. The van der Waals surface area contributed by atoms with Gasteiger partial charge >= 0.3 is 6.55 Å². The summed E-state index contributed by atoms with van der Waals surface area (Å²) in [5.41, 5.74) is 0. The molecule has 0 aromatic heterocycles. The molecule has 1 rings (SSSR count). The highest BCUT2D eigenvalue weighted by molar-refractivity contribution is 6.01. The number of imide groups is 1. The fourth-order valence-electron chi connectivity index (χ4n) is 0.812. The van der Waals surface area contributed by atoms with Gasteiger partial charge in [-0.15, -0.1) is 0 Å². The smallest absolute Gasteiger partial charge is 0.274 e. The van der Waals surface area contributed by atoms with Crippen molar-refractivity contribution in [2.24, 2.45) is 0 Å². The van der Waals surface area contributed by atoms with Crippen LogP contribution < -0.4 is 0 Å². The Labute approximate surface area is 55.6 Å². The highest BCUT2D eigenvalue weighted by atomic mass is 19.3. The van der Waals surface area contributed by atoms with E-state index < -0.39 is 18.4 Å². The van der Waals surface area contributed by atoms with Gasteiger partial charge in [-0.3, -0.25) is 9.59 Å². The highest BCUT2D eigenvalue weighted by Crippen LogP contribution is 2.16. The molecule has 0 bridgehead atoms. The summed E-state index contributed by atoms with van der Waals surface area (Å²) in [7, 11) is 0. The molecule has 1 fully saturated rings. The molecule has 1 saturated heterocycles. The van der Waals surface area contributed by atoms with Gasteiger partial charge in [0.15, 0.2) is 0 Å². The molecule has 3 nitrogen and oxygen atoms in total. The van der Waals surface area contributed by atoms with E-state index in [1.54, 1.807) is 0 Å². The molecule has 2 amide bonds. The van der Waals surface area contributed by atoms with Crippen LogP contribution in [0.2, 0.25) is 0 Å². The van der Waals surface area contributed by atoms with E-state index in [4.69, 9.17) is 0 Å². The molecule has 0 radical (unpaired) electrons. The van der Waals surface area contributed by atoms with Gasteiger partial charge in [-0.2, -0.15) is 8.78 Å². The predicted molar refractivity (Wildman–Crippen MR) is 27.1 cm³/mol. The summed E-state index contributed by atoms with van der Waals surface area (Å²) in [6.07, 6.45) is -0.160. The number of likely N-dealkylation sites (tertiary alicyclic amines) is 1. The number of alkyl halides is 2. The lowest BCUT2D eigenvalue weighted by molar-refractivity contribution is -0.152. The number of nitrogens with zero attached hydrogens (tertiary/aromatic N) is 1. The van der Waals surface area contributed by atoms with E-state index in [9.17, 15) is 18.4 Å². The second-order valence-corrected chi connectivity index (χ2v) is 1.94. The SMILES string of the molecule is O=C1CCC(=O)N1C(F)F. The topological polar surface area (TPSA) is 37.4 Å². The Kier molecular flexibility index (Phi) is 1.65. The minimum absolute atomic E-state index is 0. The Balaban J connectivity index is 2.72. The molecule has 1 aliphatic heterocycles. The lowest BCUT2D eigenvalue weighted by atomic mass is 10.4. The Hall–Kier alpha value is -1.00. The molecule has 1 aliphatic rings. The zero-order valence-electron chi connectivity index (χ0n) is 5.01. The Morgan fingerprint density at radius 2 is 1.60 bits per heavy atom. The van der Waals surface area contributed by atoms with Gasteiger partial charge in [0.1, 0.15) is 0 Å². The van der Waals surface area contributed by atoms with Gasteiger partial charge < -0.3 is 0 Å². The monoisotopic (exact) mass is 149 g/mol. The normalized spacial score (nSPS) is 19.3. The molecule has 0 atom stereocenters. The second kappa shape index (κ2) is 2.32. The highest BCUT2D eigenvalue weighted by Gasteiger charge is 2.34. The van der Waals surface area contributed by atoms with Gasteiger partial charge in [-0.25, -0.2) is 4.90 Å². The fourth-order valence-corrected chi connectivity index (χ4v) is 0.812. The molecule has 0 aromatic carbocycles. The summed E-state index contributed by atoms with van der Waals surface area (Å²) in [6.45, 7) is -2.97. The molecule has 1 heterocycles. The van der Waals surface area contributed by atoms with Gasteiger partial charge in [0.05, 0.1) is 0 Å². The maximum absolute atomic E-state index is 11.7. The molecule has 5 heteroatoms. The first-order valence-corrected chi connectivity index (χ1v) is 2.76. The Bertz CT molecular complexity index is 164. The van der Waals surface area contributed by atoms with Crippen LogP contribution in [-0.2, 0) is 9.59 Å². The summed E-state index contributed by atoms with van der Waals surface area (Å²) in [6, 6.07) is 0. The van der Waals surface area contributed by atoms with Crippen LogP contribution in [0.15, 0.2) is 0 Å². The number of hydrogen-bond acceptors (Lipinski definition) is 2. The van der Waals surface area contributed by atoms with E-state index in [0.29, 0.717) is 0 Å². The maximum atomic E-state index is 11.7. The van der Waals surface area contributed by atoms with Crippen molar-refractivity contribution in [1.82, 2.24) is 4.90 Å². The standard InChI is InChI=1S/C5H5F2NO2/c6-5(7)8-3(9)1-2-4(8)10/h5H,1-2H2. The predicted octanol–water partition coefficient (Wildman–Crippen LogP) is 0.358. The van der Waals surface area contributed by atoms with Crippen LogP contribution in [0.4, 0.5) is 8.78 Å². The van der Waals surface area contributed by atoms with Crippen LogP contribution in [0.3, 0.4) is 0 Å². The lowest BCUT2D eigenvalue weighted by Crippen LogP contribution is -2.33. The molecule has 0 unspecified atom stereocenters. The van der Waals surface area contributed by atoms with Crippen molar-refractivity contribution in [2.75, 3.05) is 0 Å².